The van der Waals surface area contributed by atoms with Crippen LogP contribution in [0.5, 0.6) is 0 Å². The Morgan fingerprint density at radius 3 is 2.89 bits per heavy atom. The first-order valence-corrected chi connectivity index (χ1v) is 6.60. The first-order valence-electron chi connectivity index (χ1n) is 6.60. The van der Waals surface area contributed by atoms with Gasteiger partial charge in [0.25, 0.3) is 0 Å². The fourth-order valence-corrected chi connectivity index (χ4v) is 2.12. The molecule has 1 aliphatic rings. The Morgan fingerprint density at radius 2 is 2.16 bits per heavy atom. The number of amides is 2. The molecule has 3 N–H and O–H groups in total. The Kier molecular flexibility index (Phi) is 4.82. The molecule has 100 valence electrons. The van der Waals surface area contributed by atoms with E-state index in [1.165, 1.54) is 0 Å². The van der Waals surface area contributed by atoms with Crippen LogP contribution in [0.1, 0.15) is 24.0 Å². The molecule has 1 saturated heterocycles. The lowest BCUT2D eigenvalue weighted by Crippen LogP contribution is -2.37. The van der Waals surface area contributed by atoms with Gasteiger partial charge in [-0.2, -0.15) is 0 Å². The molecule has 0 unspecified atom stereocenters. The highest BCUT2D eigenvalue weighted by atomic mass is 16.2. The third kappa shape index (κ3) is 4.01. The predicted octanol–water partition coefficient (Wildman–Crippen LogP) is 1.30. The highest BCUT2D eigenvalue weighted by Crippen LogP contribution is 2.08. The van der Waals surface area contributed by atoms with Gasteiger partial charge in [-0.3, -0.25) is 0 Å². The minimum atomic E-state index is 0.0240. The lowest BCUT2D eigenvalue weighted by atomic mass is 10.1. The highest BCUT2D eigenvalue weighted by molar-refractivity contribution is 5.74. The third-order valence-electron chi connectivity index (χ3n) is 3.10. The first-order chi connectivity index (χ1) is 9.29. The molecule has 2 rings (SSSR count). The number of nitrogens with one attached hydrogen (secondary N) is 1. The number of rotatable bonds is 2. The Balaban J connectivity index is 1.90. The van der Waals surface area contributed by atoms with E-state index in [2.05, 4.69) is 17.2 Å². The van der Waals surface area contributed by atoms with Gasteiger partial charge in [-0.25, -0.2) is 4.79 Å². The summed E-state index contributed by atoms with van der Waals surface area (Å²) in [6.07, 6.45) is 2.22. The summed E-state index contributed by atoms with van der Waals surface area (Å²) in [4.78, 5) is 13.7. The molecule has 0 saturated carbocycles. The van der Waals surface area contributed by atoms with Crippen LogP contribution in [-0.2, 0) is 6.54 Å². The van der Waals surface area contributed by atoms with Crippen LogP contribution >= 0.6 is 0 Å². The van der Waals surface area contributed by atoms with E-state index in [0.29, 0.717) is 13.1 Å². The number of nitrogens with two attached hydrogens (primary N) is 1. The van der Waals surface area contributed by atoms with Gasteiger partial charge in [-0.1, -0.05) is 24.0 Å². The van der Waals surface area contributed by atoms with E-state index in [4.69, 9.17) is 5.73 Å². The number of carbonyl (C=O) groups excluding carboxylic acids is 1. The summed E-state index contributed by atoms with van der Waals surface area (Å²) >= 11 is 0. The van der Waals surface area contributed by atoms with Crippen molar-refractivity contribution in [3.63, 3.8) is 0 Å². The van der Waals surface area contributed by atoms with Crippen molar-refractivity contribution in [2.75, 3.05) is 19.6 Å². The van der Waals surface area contributed by atoms with Crippen LogP contribution < -0.4 is 11.1 Å². The van der Waals surface area contributed by atoms with Crippen molar-refractivity contribution in [2.24, 2.45) is 5.73 Å². The molecule has 19 heavy (non-hydrogen) atoms. The Hall–Kier alpha value is -1.99. The maximum Gasteiger partial charge on any atom is 0.317 e. The van der Waals surface area contributed by atoms with E-state index in [1.54, 1.807) is 0 Å². The van der Waals surface area contributed by atoms with Gasteiger partial charge in [0.15, 0.2) is 0 Å². The standard InChI is InChI=1S/C15H19N3O/c16-8-4-7-13-5-3-6-14(11-13)12-17-15(19)18-9-1-2-10-18/h3,5-6,11H,1-2,8-10,12,16H2,(H,17,19). The largest absolute Gasteiger partial charge is 0.334 e. The number of benzene rings is 1. The summed E-state index contributed by atoms with van der Waals surface area (Å²) in [7, 11) is 0. The number of hydrogen-bond acceptors (Lipinski definition) is 2. The maximum absolute atomic E-state index is 11.8. The van der Waals surface area contributed by atoms with Crippen LogP contribution in [-0.4, -0.2) is 30.6 Å². The Labute approximate surface area is 114 Å². The molecule has 4 heteroatoms. The summed E-state index contributed by atoms with van der Waals surface area (Å²) < 4.78 is 0. The van der Waals surface area contributed by atoms with Gasteiger partial charge < -0.3 is 16.0 Å². The monoisotopic (exact) mass is 257 g/mol. The SMILES string of the molecule is NCC#Cc1cccc(CNC(=O)N2CCCC2)c1. The van der Waals surface area contributed by atoms with Crippen molar-refractivity contribution < 1.29 is 4.79 Å². The minimum Gasteiger partial charge on any atom is -0.334 e. The molecular formula is C15H19N3O. The number of nitrogens with zero attached hydrogens (tertiary/aromatic N) is 1. The summed E-state index contributed by atoms with van der Waals surface area (Å²) in [5.74, 6) is 5.81. The molecule has 1 fully saturated rings. The normalized spacial score (nSPS) is 13.8. The second-order valence-electron chi connectivity index (χ2n) is 4.56. The molecular weight excluding hydrogens is 238 g/mol. The van der Waals surface area contributed by atoms with Gasteiger partial charge in [-0.15, -0.1) is 0 Å². The second kappa shape index (κ2) is 6.81. The van der Waals surface area contributed by atoms with Crippen LogP contribution in [0.3, 0.4) is 0 Å². The number of likely N-dealkylation sites (tertiary alicyclic amines) is 1. The van der Waals surface area contributed by atoms with Crippen LogP contribution in [0.15, 0.2) is 24.3 Å². The van der Waals surface area contributed by atoms with E-state index < -0.39 is 0 Å². The first kappa shape index (κ1) is 13.4. The van der Waals surface area contributed by atoms with Gasteiger partial charge in [0.2, 0.25) is 0 Å². The molecule has 0 spiro atoms. The molecule has 4 nitrogen and oxygen atoms in total. The van der Waals surface area contributed by atoms with E-state index in [-0.39, 0.29) is 6.03 Å². The number of carbonyl (C=O) groups is 1. The number of hydrogen-bond donors (Lipinski definition) is 2. The Bertz CT molecular complexity index is 496. The maximum atomic E-state index is 11.8. The van der Waals surface area contributed by atoms with Crippen molar-refractivity contribution in [3.8, 4) is 11.8 Å². The molecule has 1 aliphatic heterocycles. The third-order valence-corrected chi connectivity index (χ3v) is 3.10. The molecule has 1 aromatic carbocycles. The van der Waals surface area contributed by atoms with Crippen LogP contribution in [0.2, 0.25) is 0 Å². The fourth-order valence-electron chi connectivity index (χ4n) is 2.12. The van der Waals surface area contributed by atoms with E-state index in [9.17, 15) is 4.79 Å². The molecule has 2 amide bonds. The summed E-state index contributed by atoms with van der Waals surface area (Å²) in [5, 5.41) is 2.94. The smallest absolute Gasteiger partial charge is 0.317 e. The second-order valence-corrected chi connectivity index (χ2v) is 4.56. The Morgan fingerprint density at radius 1 is 1.37 bits per heavy atom. The van der Waals surface area contributed by atoms with Crippen molar-refractivity contribution in [3.05, 3.63) is 35.4 Å². The van der Waals surface area contributed by atoms with Crippen molar-refractivity contribution in [2.45, 2.75) is 19.4 Å². The highest BCUT2D eigenvalue weighted by Gasteiger charge is 2.16. The molecule has 0 aliphatic carbocycles. The molecule has 0 radical (unpaired) electrons. The van der Waals surface area contributed by atoms with Gasteiger partial charge in [0, 0.05) is 25.2 Å². The minimum absolute atomic E-state index is 0.0240. The fraction of sp³-hybridized carbons (Fsp3) is 0.400. The topological polar surface area (TPSA) is 58.4 Å². The summed E-state index contributed by atoms with van der Waals surface area (Å²) in [6.45, 7) is 2.63. The van der Waals surface area contributed by atoms with E-state index in [1.807, 2.05) is 29.2 Å². The van der Waals surface area contributed by atoms with Gasteiger partial charge in [0.1, 0.15) is 0 Å². The van der Waals surface area contributed by atoms with Crippen molar-refractivity contribution in [1.82, 2.24) is 10.2 Å². The summed E-state index contributed by atoms with van der Waals surface area (Å²) in [5.41, 5.74) is 7.33. The average Bonchev–Trinajstić information content (AvgIpc) is 2.97. The van der Waals surface area contributed by atoms with Gasteiger partial charge in [0.05, 0.1) is 6.54 Å². The van der Waals surface area contributed by atoms with Crippen LogP contribution in [0, 0.1) is 11.8 Å². The molecule has 0 bridgehead atoms. The zero-order valence-electron chi connectivity index (χ0n) is 11.0. The summed E-state index contributed by atoms with van der Waals surface area (Å²) in [6, 6.07) is 7.87. The molecule has 0 aromatic heterocycles. The molecule has 1 aromatic rings. The van der Waals surface area contributed by atoms with Crippen molar-refractivity contribution in [1.29, 1.82) is 0 Å². The quantitative estimate of drug-likeness (QED) is 0.785. The van der Waals surface area contributed by atoms with E-state index in [0.717, 1.165) is 37.1 Å². The lowest BCUT2D eigenvalue weighted by Gasteiger charge is -2.16. The van der Waals surface area contributed by atoms with Crippen molar-refractivity contribution >= 4 is 6.03 Å². The van der Waals surface area contributed by atoms with E-state index >= 15 is 0 Å². The number of urea groups is 1. The average molecular weight is 257 g/mol. The van der Waals surface area contributed by atoms with Crippen LogP contribution in [0.25, 0.3) is 0 Å². The predicted molar refractivity (Wildman–Crippen MR) is 75.4 cm³/mol. The zero-order chi connectivity index (χ0) is 13.5. The van der Waals surface area contributed by atoms with Crippen LogP contribution in [0.4, 0.5) is 4.79 Å². The van der Waals surface area contributed by atoms with Gasteiger partial charge >= 0.3 is 6.03 Å². The molecule has 1 heterocycles. The lowest BCUT2D eigenvalue weighted by molar-refractivity contribution is 0.208. The van der Waals surface area contributed by atoms with Gasteiger partial charge in [-0.05, 0) is 30.5 Å². The molecule has 0 atom stereocenters. The zero-order valence-corrected chi connectivity index (χ0v) is 11.0.